The van der Waals surface area contributed by atoms with Crippen molar-refractivity contribution in [2.75, 3.05) is 19.8 Å². The fraction of sp³-hybridized carbons (Fsp3) is 0.889. The largest absolute Gasteiger partial charge is 0.379 e. The van der Waals surface area contributed by atoms with E-state index in [1.54, 1.807) is 0 Å². The number of carbonyl (C=O) groups excluding carboxylic acids is 1. The van der Waals surface area contributed by atoms with Gasteiger partial charge in [-0.05, 0) is 13.3 Å². The van der Waals surface area contributed by atoms with Crippen LogP contribution in [0.25, 0.3) is 0 Å². The molecule has 0 radical (unpaired) electrons. The highest BCUT2D eigenvalue weighted by molar-refractivity contribution is 5.73. The molecule has 0 aromatic rings. The summed E-state index contributed by atoms with van der Waals surface area (Å²) in [6.07, 6.45) is 0.854. The molecule has 0 aromatic carbocycles. The topological polar surface area (TPSA) is 47.6 Å². The highest BCUT2D eigenvalue weighted by Gasteiger charge is 2.26. The van der Waals surface area contributed by atoms with Crippen LogP contribution in [0.2, 0.25) is 0 Å². The lowest BCUT2D eigenvalue weighted by atomic mass is 10.1. The summed E-state index contributed by atoms with van der Waals surface area (Å²) >= 11 is 0. The van der Waals surface area contributed by atoms with E-state index in [0.717, 1.165) is 6.42 Å². The molecule has 13 heavy (non-hydrogen) atoms. The minimum Gasteiger partial charge on any atom is -0.379 e. The highest BCUT2D eigenvalue weighted by atomic mass is 16.5. The predicted molar refractivity (Wildman–Crippen MR) is 48.5 cm³/mol. The molecule has 0 aliphatic carbocycles. The summed E-state index contributed by atoms with van der Waals surface area (Å²) in [5, 5.41) is 2.87. The van der Waals surface area contributed by atoms with Gasteiger partial charge in [0.05, 0.1) is 12.6 Å². The molecule has 2 unspecified atom stereocenters. The molecule has 1 rings (SSSR count). The molecule has 76 valence electrons. The molecule has 0 bridgehead atoms. The minimum absolute atomic E-state index is 0.00315. The maximum atomic E-state index is 10.9. The first kappa shape index (κ1) is 10.5. The Morgan fingerprint density at radius 2 is 2.46 bits per heavy atom. The highest BCUT2D eigenvalue weighted by Crippen LogP contribution is 2.11. The molecule has 0 saturated carbocycles. The van der Waals surface area contributed by atoms with Crippen molar-refractivity contribution in [1.82, 2.24) is 5.32 Å². The second-order valence-electron chi connectivity index (χ2n) is 3.16. The normalized spacial score (nSPS) is 28.5. The molecule has 1 saturated heterocycles. The van der Waals surface area contributed by atoms with E-state index in [4.69, 9.17) is 9.47 Å². The van der Waals surface area contributed by atoms with Crippen LogP contribution in [0.1, 0.15) is 20.3 Å². The van der Waals surface area contributed by atoms with Gasteiger partial charge in [0, 0.05) is 20.1 Å². The monoisotopic (exact) mass is 187 g/mol. The zero-order valence-electron chi connectivity index (χ0n) is 8.21. The number of carbonyl (C=O) groups is 1. The molecule has 4 heteroatoms. The molecule has 4 nitrogen and oxygen atoms in total. The smallest absolute Gasteiger partial charge is 0.217 e. The quantitative estimate of drug-likeness (QED) is 0.692. The summed E-state index contributed by atoms with van der Waals surface area (Å²) in [5.74, 6) is -0.00315. The van der Waals surface area contributed by atoms with E-state index >= 15 is 0 Å². The third-order valence-corrected chi connectivity index (χ3v) is 2.07. The van der Waals surface area contributed by atoms with Crippen molar-refractivity contribution in [3.05, 3.63) is 0 Å². The van der Waals surface area contributed by atoms with Crippen molar-refractivity contribution in [3.63, 3.8) is 0 Å². The summed E-state index contributed by atoms with van der Waals surface area (Å²) in [4.78, 5) is 10.9. The van der Waals surface area contributed by atoms with E-state index in [1.807, 2.05) is 6.92 Å². The molecule has 2 atom stereocenters. The SMILES string of the molecule is CCOC1COCCC1NC(C)=O. The first-order valence-electron chi connectivity index (χ1n) is 4.70. The summed E-state index contributed by atoms with van der Waals surface area (Å²) in [5.41, 5.74) is 0. The van der Waals surface area contributed by atoms with E-state index < -0.39 is 0 Å². The van der Waals surface area contributed by atoms with Crippen molar-refractivity contribution in [2.45, 2.75) is 32.4 Å². The van der Waals surface area contributed by atoms with Gasteiger partial charge in [0.15, 0.2) is 0 Å². The summed E-state index contributed by atoms with van der Waals surface area (Å²) < 4.78 is 10.7. The van der Waals surface area contributed by atoms with Gasteiger partial charge in [-0.25, -0.2) is 0 Å². The van der Waals surface area contributed by atoms with Gasteiger partial charge in [-0.15, -0.1) is 0 Å². The van der Waals surface area contributed by atoms with Gasteiger partial charge in [-0.2, -0.15) is 0 Å². The Morgan fingerprint density at radius 1 is 1.69 bits per heavy atom. The van der Waals surface area contributed by atoms with E-state index in [2.05, 4.69) is 5.32 Å². The summed E-state index contributed by atoms with van der Waals surface area (Å²) in [6, 6.07) is 0.117. The van der Waals surface area contributed by atoms with Crippen molar-refractivity contribution in [1.29, 1.82) is 0 Å². The average molecular weight is 187 g/mol. The Kier molecular flexibility index (Phi) is 4.18. The van der Waals surface area contributed by atoms with Crippen LogP contribution in [0.3, 0.4) is 0 Å². The Morgan fingerprint density at radius 3 is 3.08 bits per heavy atom. The molecule has 1 fully saturated rings. The van der Waals surface area contributed by atoms with Gasteiger partial charge in [-0.3, -0.25) is 4.79 Å². The van der Waals surface area contributed by atoms with E-state index in [1.165, 1.54) is 6.92 Å². The standard InChI is InChI=1S/C9H17NO3/c1-3-13-9-6-12-5-4-8(9)10-7(2)11/h8-9H,3-6H2,1-2H3,(H,10,11). The third-order valence-electron chi connectivity index (χ3n) is 2.07. The Hall–Kier alpha value is -0.610. The molecule has 1 aliphatic heterocycles. The summed E-state index contributed by atoms with van der Waals surface area (Å²) in [7, 11) is 0. The van der Waals surface area contributed by atoms with Crippen molar-refractivity contribution in [3.8, 4) is 0 Å². The zero-order valence-corrected chi connectivity index (χ0v) is 8.21. The van der Waals surface area contributed by atoms with Crippen LogP contribution >= 0.6 is 0 Å². The van der Waals surface area contributed by atoms with Crippen molar-refractivity contribution in [2.24, 2.45) is 0 Å². The molecule has 0 spiro atoms. The number of amides is 1. The minimum atomic E-state index is -0.00315. The van der Waals surface area contributed by atoms with Crippen LogP contribution in [0.15, 0.2) is 0 Å². The third kappa shape index (κ3) is 3.32. The van der Waals surface area contributed by atoms with Gasteiger partial charge in [0.2, 0.25) is 5.91 Å². The first-order valence-corrected chi connectivity index (χ1v) is 4.70. The van der Waals surface area contributed by atoms with Gasteiger partial charge >= 0.3 is 0 Å². The van der Waals surface area contributed by atoms with Gasteiger partial charge in [0.25, 0.3) is 0 Å². The molecular formula is C9H17NO3. The lowest BCUT2D eigenvalue weighted by molar-refractivity contribution is -0.123. The summed E-state index contributed by atoms with van der Waals surface area (Å²) in [6.45, 7) is 5.41. The van der Waals surface area contributed by atoms with Gasteiger partial charge in [-0.1, -0.05) is 0 Å². The molecule has 0 aromatic heterocycles. The lowest BCUT2D eigenvalue weighted by Gasteiger charge is -2.31. The first-order chi connectivity index (χ1) is 6.24. The van der Waals surface area contributed by atoms with Crippen LogP contribution in [-0.2, 0) is 14.3 Å². The Balaban J connectivity index is 2.41. The number of ether oxygens (including phenoxy) is 2. The molecule has 1 aliphatic rings. The number of hydrogen-bond acceptors (Lipinski definition) is 3. The predicted octanol–water partition coefficient (Wildman–Crippen LogP) is 0.317. The Labute approximate surface area is 78.6 Å². The van der Waals surface area contributed by atoms with Crippen molar-refractivity contribution >= 4 is 5.91 Å². The molecule has 1 heterocycles. The second-order valence-corrected chi connectivity index (χ2v) is 3.16. The number of hydrogen-bond donors (Lipinski definition) is 1. The molecule has 1 N–H and O–H groups in total. The van der Waals surface area contributed by atoms with Crippen LogP contribution < -0.4 is 5.32 Å². The van der Waals surface area contributed by atoms with E-state index in [0.29, 0.717) is 19.8 Å². The van der Waals surface area contributed by atoms with Gasteiger partial charge < -0.3 is 14.8 Å². The van der Waals surface area contributed by atoms with Crippen LogP contribution in [-0.4, -0.2) is 37.9 Å². The fourth-order valence-corrected chi connectivity index (χ4v) is 1.52. The number of nitrogens with one attached hydrogen (secondary N) is 1. The number of rotatable bonds is 3. The molecule has 1 amide bonds. The van der Waals surface area contributed by atoms with Crippen LogP contribution in [0.4, 0.5) is 0 Å². The maximum Gasteiger partial charge on any atom is 0.217 e. The molecular weight excluding hydrogens is 170 g/mol. The van der Waals surface area contributed by atoms with Gasteiger partial charge in [0.1, 0.15) is 6.10 Å². The van der Waals surface area contributed by atoms with Crippen LogP contribution in [0.5, 0.6) is 0 Å². The zero-order chi connectivity index (χ0) is 9.68. The van der Waals surface area contributed by atoms with E-state index in [9.17, 15) is 4.79 Å². The maximum absolute atomic E-state index is 10.9. The van der Waals surface area contributed by atoms with Crippen LogP contribution in [0, 0.1) is 0 Å². The van der Waals surface area contributed by atoms with Crippen molar-refractivity contribution < 1.29 is 14.3 Å². The second kappa shape index (κ2) is 5.19. The van der Waals surface area contributed by atoms with E-state index in [-0.39, 0.29) is 18.1 Å². The lowest BCUT2D eigenvalue weighted by Crippen LogP contribution is -2.49. The average Bonchev–Trinajstić information content (AvgIpc) is 2.08. The Bertz CT molecular complexity index is 170. The fourth-order valence-electron chi connectivity index (χ4n) is 1.52.